The smallest absolute Gasteiger partial charge is 0.0419 e. The average molecular weight is 246 g/mol. The van der Waals surface area contributed by atoms with Gasteiger partial charge < -0.3 is 5.32 Å². The van der Waals surface area contributed by atoms with Crippen LogP contribution in [-0.4, -0.2) is 17.6 Å². The minimum Gasteiger partial charge on any atom is -0.314 e. The summed E-state index contributed by atoms with van der Waals surface area (Å²) in [4.78, 5) is 4.44. The molecule has 1 aliphatic rings. The second-order valence-corrected chi connectivity index (χ2v) is 5.51. The molecule has 1 aromatic rings. The molecule has 0 amide bonds. The first-order chi connectivity index (χ1) is 8.88. The Morgan fingerprint density at radius 1 is 1.33 bits per heavy atom. The van der Waals surface area contributed by atoms with Crippen LogP contribution in [0.5, 0.6) is 0 Å². The monoisotopic (exact) mass is 246 g/mol. The normalized spacial score (nSPS) is 18.1. The number of rotatable bonds is 7. The van der Waals surface area contributed by atoms with E-state index in [4.69, 9.17) is 0 Å². The first-order valence-corrected chi connectivity index (χ1v) is 7.51. The topological polar surface area (TPSA) is 24.9 Å². The molecular formula is C16H26N2. The molecule has 1 atom stereocenters. The maximum atomic E-state index is 4.44. The van der Waals surface area contributed by atoms with E-state index < -0.39 is 0 Å². The van der Waals surface area contributed by atoms with Gasteiger partial charge in [-0.2, -0.15) is 0 Å². The zero-order valence-corrected chi connectivity index (χ0v) is 11.6. The van der Waals surface area contributed by atoms with Gasteiger partial charge in [-0.3, -0.25) is 4.98 Å². The molecule has 0 saturated heterocycles. The van der Waals surface area contributed by atoms with Crippen LogP contribution in [0.25, 0.3) is 0 Å². The summed E-state index contributed by atoms with van der Waals surface area (Å²) in [5.74, 6) is 0.995. The van der Waals surface area contributed by atoms with Gasteiger partial charge in [0, 0.05) is 24.4 Å². The van der Waals surface area contributed by atoms with Gasteiger partial charge in [-0.25, -0.2) is 0 Å². The third kappa shape index (κ3) is 4.41. The van der Waals surface area contributed by atoms with Crippen molar-refractivity contribution in [1.29, 1.82) is 0 Å². The van der Waals surface area contributed by atoms with Crippen LogP contribution in [-0.2, 0) is 6.42 Å². The number of hydrogen-bond donors (Lipinski definition) is 1. The van der Waals surface area contributed by atoms with Gasteiger partial charge in [-0.05, 0) is 37.4 Å². The van der Waals surface area contributed by atoms with Gasteiger partial charge in [0.2, 0.25) is 0 Å². The molecule has 1 N–H and O–H groups in total. The second kappa shape index (κ2) is 7.52. The van der Waals surface area contributed by atoms with E-state index in [1.54, 1.807) is 0 Å². The number of pyridine rings is 1. The van der Waals surface area contributed by atoms with E-state index in [0.29, 0.717) is 6.04 Å². The molecule has 0 aliphatic heterocycles. The molecule has 2 heteroatoms. The van der Waals surface area contributed by atoms with Crippen molar-refractivity contribution in [3.05, 3.63) is 30.1 Å². The molecule has 1 heterocycles. The molecule has 1 fully saturated rings. The molecule has 2 nitrogen and oxygen atoms in total. The average Bonchev–Trinajstić information content (AvgIpc) is 2.91. The fourth-order valence-electron chi connectivity index (χ4n) is 3.07. The van der Waals surface area contributed by atoms with Crippen molar-refractivity contribution in [2.45, 2.75) is 57.9 Å². The highest BCUT2D eigenvalue weighted by Crippen LogP contribution is 2.29. The molecule has 100 valence electrons. The van der Waals surface area contributed by atoms with E-state index in [1.807, 2.05) is 12.3 Å². The van der Waals surface area contributed by atoms with Gasteiger partial charge in [-0.1, -0.05) is 38.7 Å². The zero-order chi connectivity index (χ0) is 12.6. The molecule has 18 heavy (non-hydrogen) atoms. The minimum atomic E-state index is 0.602. The predicted octanol–water partition coefficient (Wildman–Crippen LogP) is 3.57. The number of likely N-dealkylation sites (N-methyl/N-ethyl adjacent to an activating group) is 1. The van der Waals surface area contributed by atoms with Crippen molar-refractivity contribution in [3.63, 3.8) is 0 Å². The Morgan fingerprint density at radius 3 is 2.83 bits per heavy atom. The Labute approximate surface area is 111 Å². The first kappa shape index (κ1) is 13.5. The van der Waals surface area contributed by atoms with Crippen LogP contribution >= 0.6 is 0 Å². The molecule has 1 aromatic heterocycles. The number of nitrogens with one attached hydrogen (secondary N) is 1. The molecule has 1 unspecified atom stereocenters. The lowest BCUT2D eigenvalue weighted by Crippen LogP contribution is -2.31. The fraction of sp³-hybridized carbons (Fsp3) is 0.688. The second-order valence-electron chi connectivity index (χ2n) is 5.51. The van der Waals surface area contributed by atoms with Crippen LogP contribution in [0.2, 0.25) is 0 Å². The van der Waals surface area contributed by atoms with Gasteiger partial charge in [0.1, 0.15) is 0 Å². The van der Waals surface area contributed by atoms with Crippen molar-refractivity contribution in [2.24, 2.45) is 5.92 Å². The zero-order valence-electron chi connectivity index (χ0n) is 11.6. The van der Waals surface area contributed by atoms with Crippen LogP contribution in [0.3, 0.4) is 0 Å². The van der Waals surface area contributed by atoms with Gasteiger partial charge >= 0.3 is 0 Å². The van der Waals surface area contributed by atoms with Crippen molar-refractivity contribution >= 4 is 0 Å². The van der Waals surface area contributed by atoms with Crippen LogP contribution in [0, 0.1) is 5.92 Å². The third-order valence-corrected chi connectivity index (χ3v) is 4.07. The van der Waals surface area contributed by atoms with Gasteiger partial charge in [0.05, 0.1) is 0 Å². The quantitative estimate of drug-likeness (QED) is 0.795. The van der Waals surface area contributed by atoms with Crippen LogP contribution < -0.4 is 5.32 Å². The lowest BCUT2D eigenvalue weighted by atomic mass is 9.96. The van der Waals surface area contributed by atoms with Crippen molar-refractivity contribution in [3.8, 4) is 0 Å². The van der Waals surface area contributed by atoms with Crippen LogP contribution in [0.1, 0.15) is 51.1 Å². The van der Waals surface area contributed by atoms with Crippen molar-refractivity contribution < 1.29 is 0 Å². The standard InChI is InChI=1S/C16H26N2/c1-2-17-16(11-10-14-7-3-4-8-14)13-15-9-5-6-12-18-15/h5-6,9,12,14,16-17H,2-4,7-8,10-11,13H2,1H3. The van der Waals surface area contributed by atoms with Gasteiger partial charge in [0.25, 0.3) is 0 Å². The number of nitrogens with zero attached hydrogens (tertiary/aromatic N) is 1. The lowest BCUT2D eigenvalue weighted by Gasteiger charge is -2.19. The Bertz CT molecular complexity index is 317. The van der Waals surface area contributed by atoms with E-state index in [0.717, 1.165) is 18.9 Å². The number of hydrogen-bond acceptors (Lipinski definition) is 2. The van der Waals surface area contributed by atoms with Crippen LogP contribution in [0.15, 0.2) is 24.4 Å². The summed E-state index contributed by atoms with van der Waals surface area (Å²) in [6.07, 6.45) is 11.5. The maximum Gasteiger partial charge on any atom is 0.0419 e. The van der Waals surface area contributed by atoms with E-state index in [9.17, 15) is 0 Å². The Morgan fingerprint density at radius 2 is 2.17 bits per heavy atom. The highest BCUT2D eigenvalue weighted by atomic mass is 14.9. The first-order valence-electron chi connectivity index (χ1n) is 7.51. The molecule has 0 bridgehead atoms. The largest absolute Gasteiger partial charge is 0.314 e. The fourth-order valence-corrected chi connectivity index (χ4v) is 3.07. The summed E-state index contributed by atoms with van der Waals surface area (Å²) in [5.41, 5.74) is 1.22. The number of aromatic nitrogens is 1. The summed E-state index contributed by atoms with van der Waals surface area (Å²) >= 11 is 0. The van der Waals surface area contributed by atoms with Crippen LogP contribution in [0.4, 0.5) is 0 Å². The Kier molecular flexibility index (Phi) is 5.66. The molecule has 0 aromatic carbocycles. The summed E-state index contributed by atoms with van der Waals surface area (Å²) in [6.45, 7) is 3.25. The molecule has 1 aliphatic carbocycles. The minimum absolute atomic E-state index is 0.602. The third-order valence-electron chi connectivity index (χ3n) is 4.07. The van der Waals surface area contributed by atoms with E-state index in [2.05, 4.69) is 29.4 Å². The molecule has 1 saturated carbocycles. The summed E-state index contributed by atoms with van der Waals surface area (Å²) in [7, 11) is 0. The highest BCUT2D eigenvalue weighted by Gasteiger charge is 2.17. The summed E-state index contributed by atoms with van der Waals surface area (Å²) < 4.78 is 0. The van der Waals surface area contributed by atoms with E-state index in [-0.39, 0.29) is 0 Å². The highest BCUT2D eigenvalue weighted by molar-refractivity contribution is 5.05. The van der Waals surface area contributed by atoms with E-state index in [1.165, 1.54) is 44.2 Å². The Hall–Kier alpha value is -0.890. The van der Waals surface area contributed by atoms with Gasteiger partial charge in [-0.15, -0.1) is 0 Å². The van der Waals surface area contributed by atoms with E-state index >= 15 is 0 Å². The van der Waals surface area contributed by atoms with Crippen molar-refractivity contribution in [1.82, 2.24) is 10.3 Å². The molecule has 2 rings (SSSR count). The van der Waals surface area contributed by atoms with Crippen molar-refractivity contribution in [2.75, 3.05) is 6.54 Å². The maximum absolute atomic E-state index is 4.44. The molecule has 0 radical (unpaired) electrons. The molecule has 0 spiro atoms. The summed E-state index contributed by atoms with van der Waals surface area (Å²) in [6, 6.07) is 6.82. The lowest BCUT2D eigenvalue weighted by molar-refractivity contribution is 0.405. The molecular weight excluding hydrogens is 220 g/mol. The SMILES string of the molecule is CCNC(CCC1CCCC1)Cc1ccccn1. The van der Waals surface area contributed by atoms with Gasteiger partial charge in [0.15, 0.2) is 0 Å². The Balaban J connectivity index is 1.79. The predicted molar refractivity (Wildman–Crippen MR) is 76.6 cm³/mol. The summed E-state index contributed by atoms with van der Waals surface area (Å²) in [5, 5.41) is 3.62.